The van der Waals surface area contributed by atoms with Crippen LogP contribution in [-0.4, -0.2) is 19.5 Å². The normalized spacial score (nSPS) is 12.8. The Morgan fingerprint density at radius 1 is 0.345 bits per heavy atom. The number of hydrogen-bond donors (Lipinski definition) is 0. The van der Waals surface area contributed by atoms with Crippen LogP contribution in [0, 0.1) is 0 Å². The Morgan fingerprint density at radius 3 is 1.53 bits per heavy atom. The second-order valence-electron chi connectivity index (χ2n) is 15.7. The summed E-state index contributed by atoms with van der Waals surface area (Å²) in [4.78, 5) is 15.5. The van der Waals surface area contributed by atoms with E-state index in [0.717, 1.165) is 44.6 Å². The molecule has 0 saturated carbocycles. The van der Waals surface area contributed by atoms with E-state index < -0.39 is 0 Å². The molecule has 10 aromatic rings. The van der Waals surface area contributed by atoms with E-state index in [4.69, 9.17) is 15.0 Å². The van der Waals surface area contributed by atoms with Gasteiger partial charge in [0.1, 0.15) is 0 Å². The lowest BCUT2D eigenvalue weighted by Crippen LogP contribution is -2.15. The molecule has 2 aromatic heterocycles. The molecular weight excluding hydrogens is 705 g/mol. The molecule has 58 heavy (non-hydrogen) atoms. The molecule has 4 nitrogen and oxygen atoms in total. The summed E-state index contributed by atoms with van der Waals surface area (Å²) in [7, 11) is 0. The van der Waals surface area contributed by atoms with Crippen LogP contribution < -0.4 is 0 Å². The van der Waals surface area contributed by atoms with Gasteiger partial charge in [0, 0.05) is 38.6 Å². The van der Waals surface area contributed by atoms with Crippen LogP contribution in [0.2, 0.25) is 0 Å². The van der Waals surface area contributed by atoms with Gasteiger partial charge in [0.05, 0.1) is 11.0 Å². The molecule has 0 unspecified atom stereocenters. The van der Waals surface area contributed by atoms with Crippen molar-refractivity contribution in [3.63, 3.8) is 0 Å². The number of hydrogen-bond acceptors (Lipinski definition) is 3. The molecule has 0 atom stereocenters. The van der Waals surface area contributed by atoms with E-state index in [1.807, 2.05) is 24.3 Å². The first-order valence-electron chi connectivity index (χ1n) is 19.9. The minimum atomic E-state index is -0.132. The molecule has 2 heterocycles. The van der Waals surface area contributed by atoms with Crippen LogP contribution in [0.4, 0.5) is 0 Å². The van der Waals surface area contributed by atoms with E-state index in [1.54, 1.807) is 0 Å². The molecule has 0 N–H and O–H groups in total. The summed E-state index contributed by atoms with van der Waals surface area (Å²) in [5.41, 5.74) is 15.9. The Labute approximate surface area is 337 Å². The van der Waals surface area contributed by atoms with Crippen LogP contribution in [0.3, 0.4) is 0 Å². The summed E-state index contributed by atoms with van der Waals surface area (Å²) in [5, 5.41) is 2.46. The standard InChI is InChI=1S/C54H38N4/c1-54(2)47-24-14-12-22-43(47)45-33-46-44-23-13-15-25-49(44)58(50(46)34-48(45)54)42-31-40(36-18-8-4-9-19-36)30-41(32-42)53-56-51(38-20-10-5-11-21-38)55-52(57-53)39-28-26-37(27-29-39)35-16-6-3-7-17-35/h3-34H,1-2H3. The van der Waals surface area contributed by atoms with Crippen LogP contribution in [0.25, 0.3) is 95.0 Å². The number of benzene rings is 8. The molecule has 0 aliphatic heterocycles. The lowest BCUT2D eigenvalue weighted by Gasteiger charge is -2.22. The highest BCUT2D eigenvalue weighted by molar-refractivity contribution is 6.11. The van der Waals surface area contributed by atoms with Crippen molar-refractivity contribution in [2.75, 3.05) is 0 Å². The molecule has 274 valence electrons. The highest BCUT2D eigenvalue weighted by atomic mass is 15.0. The summed E-state index contributed by atoms with van der Waals surface area (Å²) in [6, 6.07) is 69.0. The molecule has 0 spiro atoms. The quantitative estimate of drug-likeness (QED) is 0.170. The highest BCUT2D eigenvalue weighted by Gasteiger charge is 2.36. The van der Waals surface area contributed by atoms with E-state index in [9.17, 15) is 0 Å². The Balaban J connectivity index is 1.14. The zero-order valence-electron chi connectivity index (χ0n) is 32.3. The maximum Gasteiger partial charge on any atom is 0.164 e. The van der Waals surface area contributed by atoms with Crippen LogP contribution in [0.1, 0.15) is 25.0 Å². The van der Waals surface area contributed by atoms with E-state index >= 15 is 0 Å². The zero-order valence-corrected chi connectivity index (χ0v) is 32.3. The fraction of sp³-hybridized carbons (Fsp3) is 0.0556. The first kappa shape index (κ1) is 33.9. The second kappa shape index (κ2) is 13.4. The van der Waals surface area contributed by atoms with Crippen molar-refractivity contribution in [3.05, 3.63) is 205 Å². The molecule has 1 aliphatic carbocycles. The molecule has 0 saturated heterocycles. The lowest BCUT2D eigenvalue weighted by atomic mass is 9.82. The van der Waals surface area contributed by atoms with Crippen LogP contribution >= 0.6 is 0 Å². The number of rotatable bonds is 6. The van der Waals surface area contributed by atoms with E-state index in [2.05, 4.69) is 188 Å². The van der Waals surface area contributed by atoms with Crippen molar-refractivity contribution in [1.29, 1.82) is 0 Å². The number of nitrogens with zero attached hydrogens (tertiary/aromatic N) is 4. The van der Waals surface area contributed by atoms with Gasteiger partial charge in [-0.3, -0.25) is 0 Å². The summed E-state index contributed by atoms with van der Waals surface area (Å²) in [5.74, 6) is 1.88. The summed E-state index contributed by atoms with van der Waals surface area (Å²) in [6.07, 6.45) is 0. The third kappa shape index (κ3) is 5.56. The maximum absolute atomic E-state index is 5.24. The largest absolute Gasteiger partial charge is 0.309 e. The highest BCUT2D eigenvalue weighted by Crippen LogP contribution is 2.51. The molecule has 11 rings (SSSR count). The Kier molecular flexibility index (Phi) is 7.80. The predicted octanol–water partition coefficient (Wildman–Crippen LogP) is 13.6. The third-order valence-electron chi connectivity index (χ3n) is 11.8. The molecule has 4 heteroatoms. The number of para-hydroxylation sites is 1. The first-order chi connectivity index (χ1) is 28.5. The molecule has 0 bridgehead atoms. The number of fused-ring (bicyclic) bond motifs is 6. The van der Waals surface area contributed by atoms with Crippen molar-refractivity contribution in [2.45, 2.75) is 19.3 Å². The maximum atomic E-state index is 5.24. The van der Waals surface area contributed by atoms with Crippen molar-refractivity contribution < 1.29 is 0 Å². The van der Waals surface area contributed by atoms with Gasteiger partial charge in [-0.05, 0) is 80.9 Å². The van der Waals surface area contributed by atoms with Gasteiger partial charge in [-0.15, -0.1) is 0 Å². The average Bonchev–Trinajstić information content (AvgIpc) is 3.74. The minimum Gasteiger partial charge on any atom is -0.309 e. The lowest BCUT2D eigenvalue weighted by molar-refractivity contribution is 0.661. The van der Waals surface area contributed by atoms with Gasteiger partial charge in [-0.1, -0.05) is 172 Å². The fourth-order valence-electron chi connectivity index (χ4n) is 8.90. The van der Waals surface area contributed by atoms with Gasteiger partial charge in [0.2, 0.25) is 0 Å². The minimum absolute atomic E-state index is 0.132. The first-order valence-corrected chi connectivity index (χ1v) is 19.9. The smallest absolute Gasteiger partial charge is 0.164 e. The topological polar surface area (TPSA) is 43.6 Å². The van der Waals surface area contributed by atoms with Gasteiger partial charge >= 0.3 is 0 Å². The van der Waals surface area contributed by atoms with Gasteiger partial charge in [0.25, 0.3) is 0 Å². The summed E-state index contributed by atoms with van der Waals surface area (Å²) < 4.78 is 2.43. The van der Waals surface area contributed by atoms with Gasteiger partial charge in [-0.25, -0.2) is 15.0 Å². The van der Waals surface area contributed by atoms with Gasteiger partial charge < -0.3 is 4.57 Å². The monoisotopic (exact) mass is 742 g/mol. The van der Waals surface area contributed by atoms with Crippen molar-refractivity contribution in [3.8, 4) is 73.2 Å². The Hall–Kier alpha value is -7.43. The van der Waals surface area contributed by atoms with Gasteiger partial charge in [0.15, 0.2) is 17.5 Å². The number of aromatic nitrogens is 4. The SMILES string of the molecule is CC1(C)c2ccccc2-c2cc3c4ccccc4n(-c4cc(-c5ccccc5)cc(-c5nc(-c6ccccc6)nc(-c6ccc(-c7ccccc7)cc6)n5)c4)c3cc21. The summed E-state index contributed by atoms with van der Waals surface area (Å²) in [6.45, 7) is 4.70. The summed E-state index contributed by atoms with van der Waals surface area (Å²) >= 11 is 0. The van der Waals surface area contributed by atoms with E-state index in [1.165, 1.54) is 44.1 Å². The Bertz CT molecular complexity index is 3160. The van der Waals surface area contributed by atoms with E-state index in [0.29, 0.717) is 17.5 Å². The van der Waals surface area contributed by atoms with Crippen LogP contribution in [-0.2, 0) is 5.41 Å². The van der Waals surface area contributed by atoms with Crippen LogP contribution in [0.15, 0.2) is 194 Å². The zero-order chi connectivity index (χ0) is 38.8. The van der Waals surface area contributed by atoms with Crippen molar-refractivity contribution >= 4 is 21.8 Å². The molecule has 0 fully saturated rings. The molecule has 1 aliphatic rings. The average molecular weight is 743 g/mol. The van der Waals surface area contributed by atoms with Crippen molar-refractivity contribution in [2.24, 2.45) is 0 Å². The molecule has 0 amide bonds. The van der Waals surface area contributed by atoms with Gasteiger partial charge in [-0.2, -0.15) is 0 Å². The van der Waals surface area contributed by atoms with E-state index in [-0.39, 0.29) is 5.41 Å². The second-order valence-corrected chi connectivity index (χ2v) is 15.7. The predicted molar refractivity (Wildman–Crippen MR) is 239 cm³/mol. The fourth-order valence-corrected chi connectivity index (χ4v) is 8.90. The Morgan fingerprint density at radius 2 is 0.845 bits per heavy atom. The molecular formula is C54H38N4. The van der Waals surface area contributed by atoms with Crippen LogP contribution in [0.5, 0.6) is 0 Å². The molecule has 0 radical (unpaired) electrons. The molecule has 8 aromatic carbocycles. The van der Waals surface area contributed by atoms with Crippen molar-refractivity contribution in [1.82, 2.24) is 19.5 Å². The third-order valence-corrected chi connectivity index (χ3v) is 11.8.